The maximum atomic E-state index is 12.7. The smallest absolute Gasteiger partial charge is 0.291 e. The molecule has 0 unspecified atom stereocenters. The number of nitrogens with one attached hydrogen (secondary N) is 1. The van der Waals surface area contributed by atoms with Crippen LogP contribution in [0.1, 0.15) is 24.4 Å². The molecule has 2 amide bonds. The summed E-state index contributed by atoms with van der Waals surface area (Å²) in [5, 5.41) is 14.5. The highest BCUT2D eigenvalue weighted by Crippen LogP contribution is 2.32. The van der Waals surface area contributed by atoms with E-state index in [0.29, 0.717) is 42.5 Å². The molecule has 1 aliphatic heterocycles. The molecular formula is C25H25ClN4O5. The van der Waals surface area contributed by atoms with E-state index in [0.717, 1.165) is 5.69 Å². The summed E-state index contributed by atoms with van der Waals surface area (Å²) in [5.41, 5.74) is 1.50. The van der Waals surface area contributed by atoms with Gasteiger partial charge in [0.15, 0.2) is 5.76 Å². The summed E-state index contributed by atoms with van der Waals surface area (Å²) in [6.45, 7) is 6.40. The van der Waals surface area contributed by atoms with Crippen LogP contribution >= 0.6 is 11.6 Å². The largest absolute Gasteiger partial charge is 0.451 e. The van der Waals surface area contributed by atoms with Crippen molar-refractivity contribution in [2.75, 3.05) is 36.4 Å². The summed E-state index contributed by atoms with van der Waals surface area (Å²) in [7, 11) is 0. The van der Waals surface area contributed by atoms with E-state index in [1.807, 2.05) is 24.8 Å². The van der Waals surface area contributed by atoms with Gasteiger partial charge in [-0.1, -0.05) is 37.6 Å². The molecule has 2 aromatic carbocycles. The van der Waals surface area contributed by atoms with Gasteiger partial charge in [-0.05, 0) is 36.4 Å². The quantitative estimate of drug-likeness (QED) is 0.377. The van der Waals surface area contributed by atoms with Crippen LogP contribution in [0.2, 0.25) is 5.02 Å². The van der Waals surface area contributed by atoms with Crippen LogP contribution in [0.3, 0.4) is 0 Å². The lowest BCUT2D eigenvalue weighted by atomic mass is 10.1. The van der Waals surface area contributed by atoms with Crippen molar-refractivity contribution in [1.29, 1.82) is 0 Å². The van der Waals surface area contributed by atoms with Crippen molar-refractivity contribution >= 4 is 40.5 Å². The second kappa shape index (κ2) is 10.2. The van der Waals surface area contributed by atoms with E-state index in [4.69, 9.17) is 16.0 Å². The number of benzene rings is 2. The van der Waals surface area contributed by atoms with Gasteiger partial charge in [0.1, 0.15) is 5.76 Å². The summed E-state index contributed by atoms with van der Waals surface area (Å²) < 4.78 is 5.60. The third-order valence-electron chi connectivity index (χ3n) is 5.83. The Morgan fingerprint density at radius 1 is 1.06 bits per heavy atom. The standard InChI is InChI=1S/C25H25ClN4O5/c1-16(2)25(32)29-13-11-28(12-14-29)21-8-7-17(15-19(21)26)27-24(31)23-10-9-22(35-23)18-5-3-4-6-20(18)30(33)34/h3-10,15-16H,11-14H2,1-2H3,(H,27,31). The highest BCUT2D eigenvalue weighted by molar-refractivity contribution is 6.33. The minimum Gasteiger partial charge on any atom is -0.451 e. The van der Waals surface area contributed by atoms with Gasteiger partial charge in [-0.2, -0.15) is 0 Å². The number of furan rings is 1. The highest BCUT2D eigenvalue weighted by atomic mass is 35.5. The molecule has 1 saturated heterocycles. The molecular weight excluding hydrogens is 472 g/mol. The number of hydrogen-bond donors (Lipinski definition) is 1. The minimum atomic E-state index is -0.500. The number of amides is 2. The first kappa shape index (κ1) is 24.3. The van der Waals surface area contributed by atoms with Gasteiger partial charge >= 0.3 is 0 Å². The van der Waals surface area contributed by atoms with E-state index < -0.39 is 10.8 Å². The Labute approximate surface area is 207 Å². The number of hydrogen-bond acceptors (Lipinski definition) is 6. The van der Waals surface area contributed by atoms with Crippen molar-refractivity contribution in [3.8, 4) is 11.3 Å². The molecule has 10 heteroatoms. The van der Waals surface area contributed by atoms with Crippen molar-refractivity contribution in [2.24, 2.45) is 5.92 Å². The van der Waals surface area contributed by atoms with Gasteiger partial charge in [0, 0.05) is 43.9 Å². The van der Waals surface area contributed by atoms with Gasteiger partial charge in [0.05, 0.1) is 21.2 Å². The van der Waals surface area contributed by atoms with Crippen LogP contribution in [0, 0.1) is 16.0 Å². The van der Waals surface area contributed by atoms with Gasteiger partial charge in [0.2, 0.25) is 5.91 Å². The molecule has 0 atom stereocenters. The van der Waals surface area contributed by atoms with Crippen LogP contribution in [0.25, 0.3) is 11.3 Å². The molecule has 182 valence electrons. The third-order valence-corrected chi connectivity index (χ3v) is 6.13. The molecule has 0 saturated carbocycles. The van der Waals surface area contributed by atoms with Crippen LogP contribution < -0.4 is 10.2 Å². The summed E-state index contributed by atoms with van der Waals surface area (Å²) in [5.74, 6) is -0.132. The number of rotatable bonds is 6. The van der Waals surface area contributed by atoms with Gasteiger partial charge in [-0.25, -0.2) is 0 Å². The first-order chi connectivity index (χ1) is 16.7. The van der Waals surface area contributed by atoms with Gasteiger partial charge in [-0.3, -0.25) is 19.7 Å². The number of carbonyl (C=O) groups is 2. The number of halogens is 1. The number of para-hydroxylation sites is 1. The summed E-state index contributed by atoms with van der Waals surface area (Å²) >= 11 is 6.51. The Balaban J connectivity index is 1.42. The molecule has 2 heterocycles. The normalized spacial score (nSPS) is 13.7. The summed E-state index contributed by atoms with van der Waals surface area (Å²) in [6.07, 6.45) is 0. The number of anilines is 2. The molecule has 0 spiro atoms. The maximum absolute atomic E-state index is 12.7. The third kappa shape index (κ3) is 5.30. The molecule has 1 N–H and O–H groups in total. The fourth-order valence-corrected chi connectivity index (χ4v) is 4.31. The van der Waals surface area contributed by atoms with E-state index >= 15 is 0 Å². The van der Waals surface area contributed by atoms with Gasteiger partial charge in [-0.15, -0.1) is 0 Å². The highest BCUT2D eigenvalue weighted by Gasteiger charge is 2.24. The first-order valence-electron chi connectivity index (χ1n) is 11.2. The second-order valence-electron chi connectivity index (χ2n) is 8.53. The summed E-state index contributed by atoms with van der Waals surface area (Å²) in [6, 6.07) is 14.4. The maximum Gasteiger partial charge on any atom is 0.291 e. The van der Waals surface area contributed by atoms with Crippen molar-refractivity contribution in [3.05, 3.63) is 75.5 Å². The van der Waals surface area contributed by atoms with Crippen molar-refractivity contribution in [3.63, 3.8) is 0 Å². The number of carbonyl (C=O) groups excluding carboxylic acids is 2. The lowest BCUT2D eigenvalue weighted by Crippen LogP contribution is -2.50. The van der Waals surface area contributed by atoms with Gasteiger partial charge < -0.3 is 19.5 Å². The van der Waals surface area contributed by atoms with Gasteiger partial charge in [0.25, 0.3) is 11.6 Å². The van der Waals surface area contributed by atoms with E-state index in [9.17, 15) is 19.7 Å². The topological polar surface area (TPSA) is 109 Å². The molecule has 9 nitrogen and oxygen atoms in total. The molecule has 3 aromatic rings. The monoisotopic (exact) mass is 496 g/mol. The lowest BCUT2D eigenvalue weighted by molar-refractivity contribution is -0.384. The SMILES string of the molecule is CC(C)C(=O)N1CCN(c2ccc(NC(=O)c3ccc(-c4ccccc4[N+](=O)[O-])o3)cc2Cl)CC1. The Morgan fingerprint density at radius 3 is 2.43 bits per heavy atom. The predicted octanol–water partition coefficient (Wildman–Crippen LogP) is 5.07. The van der Waals surface area contributed by atoms with Crippen molar-refractivity contribution in [2.45, 2.75) is 13.8 Å². The Morgan fingerprint density at radius 2 is 1.77 bits per heavy atom. The molecule has 1 fully saturated rings. The number of nitrogens with zero attached hydrogens (tertiary/aromatic N) is 3. The molecule has 0 bridgehead atoms. The Bertz CT molecular complexity index is 1260. The lowest BCUT2D eigenvalue weighted by Gasteiger charge is -2.37. The van der Waals surface area contributed by atoms with E-state index in [1.165, 1.54) is 18.2 Å². The van der Waals surface area contributed by atoms with Crippen molar-refractivity contribution in [1.82, 2.24) is 4.90 Å². The molecule has 1 aliphatic rings. The average molecular weight is 497 g/mol. The molecule has 0 radical (unpaired) electrons. The minimum absolute atomic E-state index is 0.0179. The zero-order chi connectivity index (χ0) is 25.1. The number of nitro benzene ring substituents is 1. The molecule has 1 aromatic heterocycles. The number of piperazine rings is 1. The van der Waals surface area contributed by atoms with Crippen LogP contribution in [0.15, 0.2) is 59.0 Å². The van der Waals surface area contributed by atoms with Crippen LogP contribution in [-0.2, 0) is 4.79 Å². The van der Waals surface area contributed by atoms with Crippen LogP contribution in [-0.4, -0.2) is 47.8 Å². The zero-order valence-corrected chi connectivity index (χ0v) is 20.1. The zero-order valence-electron chi connectivity index (χ0n) is 19.4. The fourth-order valence-electron chi connectivity index (χ4n) is 4.01. The van der Waals surface area contributed by atoms with Crippen molar-refractivity contribution < 1.29 is 18.9 Å². The van der Waals surface area contributed by atoms with Crippen LogP contribution in [0.5, 0.6) is 0 Å². The average Bonchev–Trinajstić information content (AvgIpc) is 3.34. The van der Waals surface area contributed by atoms with E-state index in [1.54, 1.807) is 30.3 Å². The Hall–Kier alpha value is -3.85. The van der Waals surface area contributed by atoms with E-state index in [-0.39, 0.29) is 29.0 Å². The predicted molar refractivity (Wildman–Crippen MR) is 134 cm³/mol. The Kier molecular flexibility index (Phi) is 7.07. The molecule has 35 heavy (non-hydrogen) atoms. The fraction of sp³-hybridized carbons (Fsp3) is 0.280. The second-order valence-corrected chi connectivity index (χ2v) is 8.93. The van der Waals surface area contributed by atoms with Crippen LogP contribution in [0.4, 0.5) is 17.1 Å². The van der Waals surface area contributed by atoms with E-state index in [2.05, 4.69) is 10.2 Å². The summed E-state index contributed by atoms with van der Waals surface area (Å²) in [4.78, 5) is 39.7. The molecule has 0 aliphatic carbocycles. The number of nitro groups is 1. The molecule has 4 rings (SSSR count). The first-order valence-corrected chi connectivity index (χ1v) is 11.6.